The Morgan fingerprint density at radius 3 is 2.83 bits per heavy atom. The molecular weight excluding hydrogens is 156 g/mol. The van der Waals surface area contributed by atoms with E-state index in [4.69, 9.17) is 4.74 Å². The highest BCUT2D eigenvalue weighted by atomic mass is 16.5. The maximum atomic E-state index is 11.4. The fourth-order valence-corrected chi connectivity index (χ4v) is 1.78. The van der Waals surface area contributed by atoms with E-state index in [9.17, 15) is 9.59 Å². The first-order chi connectivity index (χ1) is 5.73. The molecule has 0 aromatic rings. The molecule has 1 unspecified atom stereocenters. The van der Waals surface area contributed by atoms with Crippen molar-refractivity contribution in [2.75, 3.05) is 6.61 Å². The lowest BCUT2D eigenvalue weighted by atomic mass is 9.85. The Balaban J connectivity index is 2.30. The summed E-state index contributed by atoms with van der Waals surface area (Å²) in [5.74, 6) is -0.0453. The molecule has 1 aliphatic carbocycles. The van der Waals surface area contributed by atoms with Crippen molar-refractivity contribution >= 4 is 11.6 Å². The lowest BCUT2D eigenvalue weighted by Gasteiger charge is -2.26. The van der Waals surface area contributed by atoms with E-state index >= 15 is 0 Å². The summed E-state index contributed by atoms with van der Waals surface area (Å²) < 4.78 is 5.34. The molecule has 1 aliphatic heterocycles. The van der Waals surface area contributed by atoms with Gasteiger partial charge in [0.25, 0.3) is 0 Å². The molecule has 3 heteroatoms. The highest BCUT2D eigenvalue weighted by Gasteiger charge is 2.44. The van der Waals surface area contributed by atoms with Gasteiger partial charge in [-0.1, -0.05) is 0 Å². The number of rotatable bonds is 0. The molecule has 1 saturated heterocycles. The molecular formula is C9H10O3. The Morgan fingerprint density at radius 2 is 2.17 bits per heavy atom. The molecule has 1 spiro atoms. The van der Waals surface area contributed by atoms with E-state index < -0.39 is 5.60 Å². The first kappa shape index (κ1) is 7.68. The van der Waals surface area contributed by atoms with E-state index in [1.54, 1.807) is 0 Å². The van der Waals surface area contributed by atoms with Crippen molar-refractivity contribution in [1.29, 1.82) is 0 Å². The largest absolute Gasteiger partial charge is 0.366 e. The van der Waals surface area contributed by atoms with Gasteiger partial charge < -0.3 is 4.74 Å². The predicted octanol–water partition coefficient (Wildman–Crippen LogP) is 0.634. The normalized spacial score (nSPS) is 35.0. The van der Waals surface area contributed by atoms with Gasteiger partial charge in [0.15, 0.2) is 11.6 Å². The number of hydrogen-bond acceptors (Lipinski definition) is 3. The van der Waals surface area contributed by atoms with E-state index in [1.165, 1.54) is 12.2 Å². The second-order valence-corrected chi connectivity index (χ2v) is 3.29. The summed E-state index contributed by atoms with van der Waals surface area (Å²) in [7, 11) is 0. The summed E-state index contributed by atoms with van der Waals surface area (Å²) in [4.78, 5) is 22.5. The monoisotopic (exact) mass is 166 g/mol. The van der Waals surface area contributed by atoms with Gasteiger partial charge >= 0.3 is 0 Å². The number of ether oxygens (including phenoxy) is 1. The fraction of sp³-hybridized carbons (Fsp3) is 0.556. The van der Waals surface area contributed by atoms with Gasteiger partial charge in [-0.3, -0.25) is 9.59 Å². The van der Waals surface area contributed by atoms with Crippen LogP contribution in [0.15, 0.2) is 12.2 Å². The fourth-order valence-electron chi connectivity index (χ4n) is 1.78. The molecule has 0 aromatic heterocycles. The maximum absolute atomic E-state index is 11.4. The molecule has 0 bridgehead atoms. The Labute approximate surface area is 70.4 Å². The standard InChI is InChI=1S/C9H10O3/c10-7-2-3-8(11)9(6-7)4-1-5-12-9/h2-3H,1,4-6H2. The number of ketones is 2. The second kappa shape index (κ2) is 2.52. The highest BCUT2D eigenvalue weighted by molar-refractivity contribution is 6.09. The van der Waals surface area contributed by atoms with Crippen LogP contribution in [0, 0.1) is 0 Å². The van der Waals surface area contributed by atoms with Gasteiger partial charge in [0.1, 0.15) is 5.60 Å². The molecule has 0 amide bonds. The summed E-state index contributed by atoms with van der Waals surface area (Å²) in [6.07, 6.45) is 4.50. The SMILES string of the molecule is O=C1C=CC(=O)C2(CCCO2)C1. The third kappa shape index (κ3) is 1.01. The molecule has 1 fully saturated rings. The minimum absolute atomic E-state index is 0.00324. The minimum atomic E-state index is -0.772. The van der Waals surface area contributed by atoms with E-state index in [1.807, 2.05) is 0 Å². The van der Waals surface area contributed by atoms with Crippen LogP contribution in [0.4, 0.5) is 0 Å². The van der Waals surface area contributed by atoms with Gasteiger partial charge in [-0.05, 0) is 25.0 Å². The van der Waals surface area contributed by atoms with Gasteiger partial charge in [-0.2, -0.15) is 0 Å². The van der Waals surface area contributed by atoms with Crippen molar-refractivity contribution in [3.63, 3.8) is 0 Å². The van der Waals surface area contributed by atoms with Crippen LogP contribution in [-0.2, 0) is 14.3 Å². The molecule has 2 rings (SSSR count). The van der Waals surface area contributed by atoms with Crippen LogP contribution in [0.3, 0.4) is 0 Å². The van der Waals surface area contributed by atoms with E-state index in [0.29, 0.717) is 13.0 Å². The van der Waals surface area contributed by atoms with Crippen molar-refractivity contribution < 1.29 is 14.3 Å². The average molecular weight is 166 g/mol. The molecule has 0 aromatic carbocycles. The van der Waals surface area contributed by atoms with Crippen LogP contribution in [0.25, 0.3) is 0 Å². The van der Waals surface area contributed by atoms with Crippen LogP contribution in [0.2, 0.25) is 0 Å². The summed E-state index contributed by atoms with van der Waals surface area (Å²) >= 11 is 0. The van der Waals surface area contributed by atoms with Crippen LogP contribution < -0.4 is 0 Å². The number of allylic oxidation sites excluding steroid dienone is 1. The molecule has 64 valence electrons. The quantitative estimate of drug-likeness (QED) is 0.530. The molecule has 12 heavy (non-hydrogen) atoms. The molecule has 0 saturated carbocycles. The van der Waals surface area contributed by atoms with E-state index in [2.05, 4.69) is 0 Å². The van der Waals surface area contributed by atoms with Gasteiger partial charge in [0, 0.05) is 13.0 Å². The van der Waals surface area contributed by atoms with E-state index in [0.717, 1.165) is 6.42 Å². The lowest BCUT2D eigenvalue weighted by Crippen LogP contribution is -2.41. The third-order valence-electron chi connectivity index (χ3n) is 2.43. The van der Waals surface area contributed by atoms with Crippen LogP contribution in [-0.4, -0.2) is 23.8 Å². The summed E-state index contributed by atoms with van der Waals surface area (Å²) in [5, 5.41) is 0. The lowest BCUT2D eigenvalue weighted by molar-refractivity contribution is -0.140. The van der Waals surface area contributed by atoms with Crippen molar-refractivity contribution in [2.24, 2.45) is 0 Å². The third-order valence-corrected chi connectivity index (χ3v) is 2.43. The van der Waals surface area contributed by atoms with Gasteiger partial charge in [0.2, 0.25) is 0 Å². The molecule has 1 heterocycles. The Morgan fingerprint density at radius 1 is 1.33 bits per heavy atom. The summed E-state index contributed by atoms with van der Waals surface area (Å²) in [5.41, 5.74) is -0.772. The minimum Gasteiger partial charge on any atom is -0.366 e. The number of carbonyl (C=O) groups excluding carboxylic acids is 2. The zero-order valence-electron chi connectivity index (χ0n) is 6.71. The summed E-state index contributed by atoms with van der Waals surface area (Å²) in [6, 6.07) is 0. The van der Waals surface area contributed by atoms with Crippen molar-refractivity contribution in [3.05, 3.63) is 12.2 Å². The number of hydrogen-bond donors (Lipinski definition) is 0. The maximum Gasteiger partial charge on any atom is 0.188 e. The predicted molar refractivity (Wildman–Crippen MR) is 41.7 cm³/mol. The van der Waals surface area contributed by atoms with Crippen molar-refractivity contribution in [1.82, 2.24) is 0 Å². The Bertz CT molecular complexity index is 259. The van der Waals surface area contributed by atoms with E-state index in [-0.39, 0.29) is 18.0 Å². The highest BCUT2D eigenvalue weighted by Crippen LogP contribution is 2.32. The molecule has 2 aliphatic rings. The topological polar surface area (TPSA) is 43.4 Å². The van der Waals surface area contributed by atoms with Crippen LogP contribution in [0.5, 0.6) is 0 Å². The molecule has 0 N–H and O–H groups in total. The van der Waals surface area contributed by atoms with Crippen molar-refractivity contribution in [3.8, 4) is 0 Å². The summed E-state index contributed by atoms with van der Waals surface area (Å²) in [6.45, 7) is 0.604. The zero-order chi connectivity index (χ0) is 8.60. The Kier molecular flexibility index (Phi) is 1.61. The number of carbonyl (C=O) groups is 2. The second-order valence-electron chi connectivity index (χ2n) is 3.29. The zero-order valence-corrected chi connectivity index (χ0v) is 6.71. The van der Waals surface area contributed by atoms with Crippen LogP contribution >= 0.6 is 0 Å². The first-order valence-electron chi connectivity index (χ1n) is 4.12. The van der Waals surface area contributed by atoms with Crippen LogP contribution in [0.1, 0.15) is 19.3 Å². The molecule has 0 radical (unpaired) electrons. The molecule has 3 nitrogen and oxygen atoms in total. The smallest absolute Gasteiger partial charge is 0.188 e. The van der Waals surface area contributed by atoms with Gasteiger partial charge in [-0.25, -0.2) is 0 Å². The van der Waals surface area contributed by atoms with Gasteiger partial charge in [0.05, 0.1) is 0 Å². The van der Waals surface area contributed by atoms with Crippen molar-refractivity contribution in [2.45, 2.75) is 24.9 Å². The Hall–Kier alpha value is -0.960. The average Bonchev–Trinajstić information content (AvgIpc) is 2.48. The molecule has 1 atom stereocenters. The van der Waals surface area contributed by atoms with Gasteiger partial charge in [-0.15, -0.1) is 0 Å². The first-order valence-corrected chi connectivity index (χ1v) is 4.12.